The Morgan fingerprint density at radius 2 is 2.03 bits per heavy atom. The van der Waals surface area contributed by atoms with Crippen LogP contribution in [-0.2, 0) is 24.1 Å². The average Bonchev–Trinajstić information content (AvgIpc) is 2.74. The molecule has 0 saturated heterocycles. The summed E-state index contributed by atoms with van der Waals surface area (Å²) >= 11 is 6.19. The normalized spacial score (nSPS) is 18.4. The quantitative estimate of drug-likeness (QED) is 0.644. The largest absolute Gasteiger partial charge is 0.494 e. The Balaban J connectivity index is 1.91. The lowest BCUT2D eigenvalue weighted by atomic mass is 9.83. The molecule has 1 aliphatic rings. The van der Waals surface area contributed by atoms with E-state index in [9.17, 15) is 19.4 Å². The fraction of sp³-hybridized carbons (Fsp3) is 0.480. The van der Waals surface area contributed by atoms with Gasteiger partial charge in [0.2, 0.25) is 5.91 Å². The maximum absolute atomic E-state index is 14.8. The van der Waals surface area contributed by atoms with Crippen molar-refractivity contribution in [3.05, 3.63) is 63.4 Å². The zero-order chi connectivity index (χ0) is 23.6. The zero-order valence-electron chi connectivity index (χ0n) is 19.0. The second-order valence-electron chi connectivity index (χ2n) is 9.03. The van der Waals surface area contributed by atoms with Crippen LogP contribution < -0.4 is 4.74 Å². The van der Waals surface area contributed by atoms with Gasteiger partial charge < -0.3 is 19.8 Å². The van der Waals surface area contributed by atoms with Crippen LogP contribution in [0.25, 0.3) is 0 Å². The van der Waals surface area contributed by atoms with Gasteiger partial charge in [-0.15, -0.1) is 0 Å². The van der Waals surface area contributed by atoms with Gasteiger partial charge in [0.15, 0.2) is 11.6 Å². The molecule has 0 radical (unpaired) electrons. The molecule has 0 aliphatic carbocycles. The molecule has 0 unspecified atom stereocenters. The van der Waals surface area contributed by atoms with E-state index in [1.807, 2.05) is 25.1 Å². The SMILES string of the molecule is COc1ccc(Cl)c(CC(=O)N2[C@@H](CO)Cc3c(CCC(C)(C)O)cccc3[C@@H]2C)c1F. The van der Waals surface area contributed by atoms with Crippen LogP contribution in [0.2, 0.25) is 5.02 Å². The molecule has 7 heteroatoms. The topological polar surface area (TPSA) is 70.0 Å². The molecule has 2 atom stereocenters. The molecule has 2 N–H and O–H groups in total. The molecule has 0 bridgehead atoms. The van der Waals surface area contributed by atoms with E-state index in [0.717, 1.165) is 16.7 Å². The van der Waals surface area contributed by atoms with Crippen molar-refractivity contribution in [2.24, 2.45) is 0 Å². The first-order valence-corrected chi connectivity index (χ1v) is 11.2. The molecule has 2 aromatic rings. The van der Waals surface area contributed by atoms with Gasteiger partial charge in [-0.1, -0.05) is 29.8 Å². The molecule has 3 rings (SSSR count). The van der Waals surface area contributed by atoms with Crippen molar-refractivity contribution < 1.29 is 24.1 Å². The van der Waals surface area contributed by atoms with Crippen molar-refractivity contribution in [3.63, 3.8) is 0 Å². The van der Waals surface area contributed by atoms with Crippen LogP contribution >= 0.6 is 11.6 Å². The molecule has 1 aliphatic heterocycles. The van der Waals surface area contributed by atoms with Crippen molar-refractivity contribution in [3.8, 4) is 5.75 Å². The van der Waals surface area contributed by atoms with E-state index >= 15 is 0 Å². The van der Waals surface area contributed by atoms with Crippen molar-refractivity contribution in [2.45, 2.75) is 64.1 Å². The van der Waals surface area contributed by atoms with Crippen LogP contribution in [-0.4, -0.2) is 46.4 Å². The maximum atomic E-state index is 14.8. The van der Waals surface area contributed by atoms with E-state index in [0.29, 0.717) is 19.3 Å². The molecule has 0 spiro atoms. The molecule has 0 aromatic heterocycles. The summed E-state index contributed by atoms with van der Waals surface area (Å²) < 4.78 is 19.8. The second-order valence-corrected chi connectivity index (χ2v) is 9.44. The summed E-state index contributed by atoms with van der Waals surface area (Å²) in [7, 11) is 1.36. The summed E-state index contributed by atoms with van der Waals surface area (Å²) in [4.78, 5) is 15.0. The predicted molar refractivity (Wildman–Crippen MR) is 123 cm³/mol. The number of halogens is 2. The van der Waals surface area contributed by atoms with Gasteiger partial charge in [-0.2, -0.15) is 0 Å². The minimum Gasteiger partial charge on any atom is -0.494 e. The monoisotopic (exact) mass is 463 g/mol. The number of fused-ring (bicyclic) bond motifs is 1. The highest BCUT2D eigenvalue weighted by molar-refractivity contribution is 6.31. The summed E-state index contributed by atoms with van der Waals surface area (Å²) in [5, 5.41) is 20.4. The number of hydrogen-bond acceptors (Lipinski definition) is 4. The third kappa shape index (κ3) is 5.08. The van der Waals surface area contributed by atoms with Crippen molar-refractivity contribution in [1.29, 1.82) is 0 Å². The van der Waals surface area contributed by atoms with Crippen molar-refractivity contribution in [1.82, 2.24) is 4.90 Å². The maximum Gasteiger partial charge on any atom is 0.228 e. The van der Waals surface area contributed by atoms with Gasteiger partial charge in [0, 0.05) is 10.6 Å². The summed E-state index contributed by atoms with van der Waals surface area (Å²) in [6, 6.07) is 8.19. The number of carbonyl (C=O) groups excluding carboxylic acids is 1. The molecule has 5 nitrogen and oxygen atoms in total. The summed E-state index contributed by atoms with van der Waals surface area (Å²) in [6.45, 7) is 5.28. The first kappa shape index (κ1) is 24.5. The number of ether oxygens (including phenoxy) is 1. The van der Waals surface area contributed by atoms with Crippen molar-refractivity contribution in [2.75, 3.05) is 13.7 Å². The summed E-state index contributed by atoms with van der Waals surface area (Å²) in [5.74, 6) is -0.921. The average molecular weight is 464 g/mol. The number of carbonyl (C=O) groups is 1. The fourth-order valence-electron chi connectivity index (χ4n) is 4.48. The Labute approximate surface area is 193 Å². The number of methoxy groups -OCH3 is 1. The number of benzene rings is 2. The van der Waals surface area contributed by atoms with Crippen LogP contribution in [0.4, 0.5) is 4.39 Å². The highest BCUT2D eigenvalue weighted by Gasteiger charge is 2.36. The number of amides is 1. The van der Waals surface area contributed by atoms with E-state index < -0.39 is 17.5 Å². The van der Waals surface area contributed by atoms with Crippen LogP contribution in [0.5, 0.6) is 5.75 Å². The number of rotatable bonds is 7. The fourth-order valence-corrected chi connectivity index (χ4v) is 4.69. The standard InChI is InChI=1S/C25H31ClFNO4/c1-15-18-7-5-6-16(10-11-25(2,3)31)19(18)12-17(14-29)28(15)23(30)13-20-21(26)8-9-22(32-4)24(20)27/h5-9,15,17,29,31H,10-14H2,1-4H3/t15-,17+/m0/s1. The van der Waals surface area contributed by atoms with E-state index in [2.05, 4.69) is 0 Å². The van der Waals surface area contributed by atoms with Crippen LogP contribution in [0.1, 0.15) is 55.5 Å². The van der Waals surface area contributed by atoms with Gasteiger partial charge in [-0.25, -0.2) is 4.39 Å². The predicted octanol–water partition coefficient (Wildman–Crippen LogP) is 4.24. The number of hydrogen-bond donors (Lipinski definition) is 2. The minimum atomic E-state index is -0.776. The molecular formula is C25H31ClFNO4. The van der Waals surface area contributed by atoms with Gasteiger partial charge in [0.05, 0.1) is 37.8 Å². The van der Waals surface area contributed by atoms with E-state index in [4.69, 9.17) is 16.3 Å². The molecular weight excluding hydrogens is 433 g/mol. The molecule has 0 fully saturated rings. The first-order valence-electron chi connectivity index (χ1n) is 10.8. The number of aliphatic hydroxyl groups is 2. The van der Waals surface area contributed by atoms with Gasteiger partial charge in [0.25, 0.3) is 0 Å². The Bertz CT molecular complexity index is 989. The highest BCUT2D eigenvalue weighted by Crippen LogP contribution is 2.37. The van der Waals surface area contributed by atoms with E-state index in [-0.39, 0.29) is 41.3 Å². The second kappa shape index (κ2) is 9.77. The summed E-state index contributed by atoms with van der Waals surface area (Å²) in [5.41, 5.74) is 2.54. The molecule has 1 heterocycles. The van der Waals surface area contributed by atoms with Gasteiger partial charge in [-0.05, 0) is 68.9 Å². The minimum absolute atomic E-state index is 0.0318. The molecule has 0 saturated carbocycles. The smallest absolute Gasteiger partial charge is 0.228 e. The Kier molecular flexibility index (Phi) is 7.48. The highest BCUT2D eigenvalue weighted by atomic mass is 35.5. The number of aliphatic hydroxyl groups excluding tert-OH is 1. The van der Waals surface area contributed by atoms with Gasteiger partial charge in [-0.3, -0.25) is 4.79 Å². The third-order valence-corrected chi connectivity index (χ3v) is 6.57. The van der Waals surface area contributed by atoms with E-state index in [1.54, 1.807) is 18.7 Å². The lowest BCUT2D eigenvalue weighted by Gasteiger charge is -2.42. The van der Waals surface area contributed by atoms with Crippen LogP contribution in [0.15, 0.2) is 30.3 Å². The lowest BCUT2D eigenvalue weighted by Crippen LogP contribution is -2.49. The Morgan fingerprint density at radius 3 is 2.66 bits per heavy atom. The number of aryl methyl sites for hydroxylation is 1. The lowest BCUT2D eigenvalue weighted by molar-refractivity contribution is -0.137. The Hall–Kier alpha value is -2.15. The van der Waals surface area contributed by atoms with Crippen LogP contribution in [0, 0.1) is 5.82 Å². The molecule has 2 aromatic carbocycles. The van der Waals surface area contributed by atoms with E-state index in [1.165, 1.54) is 19.2 Å². The van der Waals surface area contributed by atoms with Crippen LogP contribution in [0.3, 0.4) is 0 Å². The molecule has 1 amide bonds. The van der Waals surface area contributed by atoms with Gasteiger partial charge in [0.1, 0.15) is 0 Å². The number of nitrogens with zero attached hydrogens (tertiary/aromatic N) is 1. The van der Waals surface area contributed by atoms with Crippen molar-refractivity contribution >= 4 is 17.5 Å². The molecule has 32 heavy (non-hydrogen) atoms. The third-order valence-electron chi connectivity index (χ3n) is 6.21. The zero-order valence-corrected chi connectivity index (χ0v) is 19.7. The Morgan fingerprint density at radius 1 is 1.31 bits per heavy atom. The van der Waals surface area contributed by atoms with Gasteiger partial charge >= 0.3 is 0 Å². The summed E-state index contributed by atoms with van der Waals surface area (Å²) in [6.07, 6.45) is 1.59. The molecule has 174 valence electrons. The first-order chi connectivity index (χ1) is 15.1.